The third-order valence-electron chi connectivity index (χ3n) is 2.53. The molecule has 0 bridgehead atoms. The number of hydrogen-bond donors (Lipinski definition) is 2. The lowest BCUT2D eigenvalue weighted by Gasteiger charge is -2.20. The Balaban J connectivity index is 0.00000162. The molecule has 1 fully saturated rings. The molecule has 18 heavy (non-hydrogen) atoms. The second-order valence-electron chi connectivity index (χ2n) is 3.78. The fourth-order valence-electron chi connectivity index (χ4n) is 1.66. The normalized spacial score (nSPS) is 19.4. The molecule has 9 heteroatoms. The molecule has 102 valence electrons. The average molecular weight is 299 g/mol. The van der Waals surface area contributed by atoms with E-state index in [2.05, 4.69) is 20.8 Å². The molecular weight excluding hydrogens is 286 g/mol. The Morgan fingerprint density at radius 3 is 2.83 bits per heavy atom. The summed E-state index contributed by atoms with van der Waals surface area (Å²) in [6.45, 7) is 1.53. The summed E-state index contributed by atoms with van der Waals surface area (Å²) in [5.74, 6) is -0.309. The molecule has 5 nitrogen and oxygen atoms in total. The number of aromatic nitrogens is 2. The highest BCUT2D eigenvalue weighted by atomic mass is 35.5. The van der Waals surface area contributed by atoms with Gasteiger partial charge in [0.05, 0.1) is 5.92 Å². The first-order valence-electron chi connectivity index (χ1n) is 5.30. The molecule has 0 spiro atoms. The monoisotopic (exact) mass is 298 g/mol. The molecule has 2 N–H and O–H groups in total. The quantitative estimate of drug-likeness (QED) is 0.893. The molecule has 2 heterocycles. The maximum Gasteiger partial charge on any atom is 0.291 e. The Kier molecular flexibility index (Phi) is 5.83. The summed E-state index contributed by atoms with van der Waals surface area (Å²) in [5, 5.41) is 12.2. The van der Waals surface area contributed by atoms with Crippen molar-refractivity contribution in [3.63, 3.8) is 0 Å². The molecule has 1 aromatic heterocycles. The predicted molar refractivity (Wildman–Crippen MR) is 66.3 cm³/mol. The number of amides is 1. The largest absolute Gasteiger partial charge is 0.316 e. The van der Waals surface area contributed by atoms with Crippen LogP contribution < -0.4 is 10.6 Å². The molecular formula is C9H13ClF2N4OS. The minimum atomic E-state index is -2.64. The van der Waals surface area contributed by atoms with Gasteiger partial charge in [-0.15, -0.1) is 22.6 Å². The molecule has 0 aromatic carbocycles. The van der Waals surface area contributed by atoms with E-state index in [0.717, 1.165) is 19.4 Å². The first-order chi connectivity index (χ1) is 8.16. The highest BCUT2D eigenvalue weighted by molar-refractivity contribution is 7.15. The molecule has 0 aliphatic carbocycles. The van der Waals surface area contributed by atoms with Crippen LogP contribution in [0.4, 0.5) is 13.9 Å². The molecule has 2 rings (SSSR count). The third-order valence-corrected chi connectivity index (χ3v) is 3.37. The van der Waals surface area contributed by atoms with Gasteiger partial charge < -0.3 is 10.6 Å². The number of hydrogen-bond acceptors (Lipinski definition) is 5. The summed E-state index contributed by atoms with van der Waals surface area (Å²) in [4.78, 5) is 11.7. The number of nitrogens with zero attached hydrogens (tertiary/aromatic N) is 2. The lowest BCUT2D eigenvalue weighted by Crippen LogP contribution is -2.37. The Labute approximate surface area is 113 Å². The van der Waals surface area contributed by atoms with E-state index in [1.54, 1.807) is 0 Å². The van der Waals surface area contributed by atoms with Gasteiger partial charge in [-0.3, -0.25) is 4.79 Å². The fraction of sp³-hybridized carbons (Fsp3) is 0.667. The van der Waals surface area contributed by atoms with Crippen LogP contribution in [0, 0.1) is 5.92 Å². The highest BCUT2D eigenvalue weighted by Crippen LogP contribution is 2.25. The van der Waals surface area contributed by atoms with Crippen molar-refractivity contribution in [3.05, 3.63) is 5.01 Å². The zero-order valence-corrected chi connectivity index (χ0v) is 11.0. The second kappa shape index (κ2) is 6.91. The van der Waals surface area contributed by atoms with E-state index >= 15 is 0 Å². The van der Waals surface area contributed by atoms with Crippen LogP contribution in [0.5, 0.6) is 0 Å². The van der Waals surface area contributed by atoms with Crippen LogP contribution in [0.2, 0.25) is 0 Å². The van der Waals surface area contributed by atoms with Crippen molar-refractivity contribution in [2.45, 2.75) is 19.3 Å². The summed E-state index contributed by atoms with van der Waals surface area (Å²) in [7, 11) is 0. The van der Waals surface area contributed by atoms with Crippen LogP contribution >= 0.6 is 23.7 Å². The minimum absolute atomic E-state index is 0. The van der Waals surface area contributed by atoms with E-state index in [4.69, 9.17) is 0 Å². The zero-order valence-electron chi connectivity index (χ0n) is 9.36. The van der Waals surface area contributed by atoms with Gasteiger partial charge in [-0.05, 0) is 19.4 Å². The van der Waals surface area contributed by atoms with Crippen LogP contribution in [0.3, 0.4) is 0 Å². The minimum Gasteiger partial charge on any atom is -0.316 e. The van der Waals surface area contributed by atoms with Crippen molar-refractivity contribution < 1.29 is 13.6 Å². The lowest BCUT2D eigenvalue weighted by molar-refractivity contribution is -0.120. The van der Waals surface area contributed by atoms with Gasteiger partial charge in [0.15, 0.2) is 5.01 Å². The maximum absolute atomic E-state index is 12.3. The van der Waals surface area contributed by atoms with Crippen molar-refractivity contribution in [2.75, 3.05) is 18.4 Å². The van der Waals surface area contributed by atoms with Gasteiger partial charge in [-0.2, -0.15) is 0 Å². The van der Waals surface area contributed by atoms with Crippen molar-refractivity contribution in [1.29, 1.82) is 0 Å². The van der Waals surface area contributed by atoms with Crippen molar-refractivity contribution in [2.24, 2.45) is 5.92 Å². The summed E-state index contributed by atoms with van der Waals surface area (Å²) in [6, 6.07) is 0. The smallest absolute Gasteiger partial charge is 0.291 e. The number of anilines is 1. The first kappa shape index (κ1) is 15.2. The van der Waals surface area contributed by atoms with Crippen LogP contribution in [0.1, 0.15) is 24.3 Å². The molecule has 1 saturated heterocycles. The maximum atomic E-state index is 12.3. The first-order valence-corrected chi connectivity index (χ1v) is 6.11. The second-order valence-corrected chi connectivity index (χ2v) is 4.79. The number of nitrogens with one attached hydrogen (secondary N) is 2. The number of rotatable bonds is 3. The number of carbonyl (C=O) groups excluding carboxylic acids is 1. The molecule has 1 aliphatic rings. The van der Waals surface area contributed by atoms with E-state index in [0.29, 0.717) is 17.9 Å². The van der Waals surface area contributed by atoms with E-state index in [-0.39, 0.29) is 34.4 Å². The third kappa shape index (κ3) is 3.82. The van der Waals surface area contributed by atoms with Gasteiger partial charge in [0.1, 0.15) is 0 Å². The Bertz CT molecular complexity index is 398. The summed E-state index contributed by atoms with van der Waals surface area (Å²) in [6.07, 6.45) is -0.898. The number of piperidine rings is 1. The fourth-order valence-corrected chi connectivity index (χ4v) is 2.26. The molecule has 1 amide bonds. The van der Waals surface area contributed by atoms with Gasteiger partial charge in [-0.1, -0.05) is 11.3 Å². The van der Waals surface area contributed by atoms with Crippen molar-refractivity contribution in [1.82, 2.24) is 15.5 Å². The van der Waals surface area contributed by atoms with Crippen LogP contribution in [-0.2, 0) is 4.79 Å². The molecule has 1 unspecified atom stereocenters. The predicted octanol–water partition coefficient (Wildman–Crippen LogP) is 1.84. The van der Waals surface area contributed by atoms with Gasteiger partial charge in [-0.25, -0.2) is 8.78 Å². The Morgan fingerprint density at radius 2 is 2.28 bits per heavy atom. The van der Waals surface area contributed by atoms with Crippen LogP contribution in [0.15, 0.2) is 0 Å². The van der Waals surface area contributed by atoms with Gasteiger partial charge >= 0.3 is 0 Å². The number of alkyl halides is 2. The number of halogens is 3. The van der Waals surface area contributed by atoms with Crippen molar-refractivity contribution >= 4 is 34.8 Å². The highest BCUT2D eigenvalue weighted by Gasteiger charge is 2.22. The van der Waals surface area contributed by atoms with E-state index in [9.17, 15) is 13.6 Å². The summed E-state index contributed by atoms with van der Waals surface area (Å²) < 4.78 is 24.5. The molecule has 1 atom stereocenters. The van der Waals surface area contributed by atoms with E-state index in [1.807, 2.05) is 0 Å². The zero-order chi connectivity index (χ0) is 12.3. The number of carbonyl (C=O) groups is 1. The summed E-state index contributed by atoms with van der Waals surface area (Å²) in [5.41, 5.74) is 0. The van der Waals surface area contributed by atoms with Crippen LogP contribution in [-0.4, -0.2) is 29.2 Å². The summed E-state index contributed by atoms with van der Waals surface area (Å²) >= 11 is 0.709. The van der Waals surface area contributed by atoms with E-state index in [1.165, 1.54) is 0 Å². The average Bonchev–Trinajstić information content (AvgIpc) is 2.79. The lowest BCUT2D eigenvalue weighted by atomic mass is 9.99. The van der Waals surface area contributed by atoms with Crippen LogP contribution in [0.25, 0.3) is 0 Å². The van der Waals surface area contributed by atoms with Crippen molar-refractivity contribution in [3.8, 4) is 0 Å². The van der Waals surface area contributed by atoms with Gasteiger partial charge in [0, 0.05) is 6.54 Å². The molecule has 0 radical (unpaired) electrons. The van der Waals surface area contributed by atoms with Gasteiger partial charge in [0.2, 0.25) is 11.0 Å². The SMILES string of the molecule is Cl.O=C(Nc1nnc(C(F)F)s1)C1CCCNC1. The molecule has 1 aromatic rings. The van der Waals surface area contributed by atoms with E-state index < -0.39 is 6.43 Å². The standard InChI is InChI=1S/C9H12F2N4OS.ClH/c10-6(11)8-14-15-9(17-8)13-7(16)5-2-1-3-12-4-5;/h5-6,12H,1-4H2,(H,13,15,16);1H. The Morgan fingerprint density at radius 1 is 1.50 bits per heavy atom. The molecule has 0 saturated carbocycles. The Hall–Kier alpha value is -0.860. The van der Waals surface area contributed by atoms with Gasteiger partial charge in [0.25, 0.3) is 6.43 Å². The topological polar surface area (TPSA) is 66.9 Å². The molecule has 1 aliphatic heterocycles.